The average molecular weight is 297 g/mol. The van der Waals surface area contributed by atoms with Crippen molar-refractivity contribution in [3.63, 3.8) is 0 Å². The smallest absolute Gasteiger partial charge is 0.254 e. The second-order valence-corrected chi connectivity index (χ2v) is 7.27. The Labute approximate surface area is 123 Å². The lowest BCUT2D eigenvalue weighted by Crippen LogP contribution is -2.45. The summed E-state index contributed by atoms with van der Waals surface area (Å²) in [7, 11) is 0. The van der Waals surface area contributed by atoms with Crippen LogP contribution in [0.2, 0.25) is 0 Å². The monoisotopic (exact) mass is 297 g/mol. The van der Waals surface area contributed by atoms with Crippen molar-refractivity contribution in [3.05, 3.63) is 11.6 Å². The van der Waals surface area contributed by atoms with E-state index in [-0.39, 0.29) is 17.7 Å². The molecule has 21 heavy (non-hydrogen) atoms. The summed E-state index contributed by atoms with van der Waals surface area (Å²) in [5.41, 5.74) is 0.291. The van der Waals surface area contributed by atoms with Gasteiger partial charge >= 0.3 is 0 Å². The molecule has 4 rings (SSSR count). The first-order valence-electron chi connectivity index (χ1n) is 7.92. The fourth-order valence-electron chi connectivity index (χ4n) is 4.22. The second kappa shape index (κ2) is 4.28. The first-order valence-corrected chi connectivity index (χ1v) is 7.92. The molecular weight excluding hydrogens is 276 g/mol. The van der Waals surface area contributed by atoms with E-state index in [1.807, 2.05) is 0 Å². The first kappa shape index (κ1) is 13.7. The van der Waals surface area contributed by atoms with Crippen molar-refractivity contribution in [2.45, 2.75) is 44.4 Å². The Hall–Kier alpha value is -0.970. The van der Waals surface area contributed by atoms with Crippen LogP contribution in [0, 0.1) is 10.8 Å². The Bertz CT molecular complexity index is 500. The molecule has 0 aromatic rings. The fraction of sp³-hybridized carbons (Fsp3) is 0.812. The molecule has 0 N–H and O–H groups in total. The highest BCUT2D eigenvalue weighted by Gasteiger charge is 2.70. The van der Waals surface area contributed by atoms with Gasteiger partial charge in [-0.05, 0) is 37.5 Å². The lowest BCUT2D eigenvalue weighted by atomic mass is 9.66. The Morgan fingerprint density at radius 1 is 1.14 bits per heavy atom. The van der Waals surface area contributed by atoms with Gasteiger partial charge in [-0.3, -0.25) is 4.79 Å². The van der Waals surface area contributed by atoms with Crippen LogP contribution in [-0.4, -0.2) is 43.0 Å². The Balaban J connectivity index is 1.36. The highest BCUT2D eigenvalue weighted by atomic mass is 19.3. The van der Waals surface area contributed by atoms with Gasteiger partial charge in [0, 0.05) is 43.7 Å². The van der Waals surface area contributed by atoms with E-state index in [9.17, 15) is 13.6 Å². The van der Waals surface area contributed by atoms with Gasteiger partial charge in [0.1, 0.15) is 0 Å². The maximum absolute atomic E-state index is 13.3. The average Bonchev–Trinajstić information content (AvgIpc) is 2.97. The van der Waals surface area contributed by atoms with Crippen LogP contribution in [0.4, 0.5) is 8.78 Å². The molecule has 0 aromatic carbocycles. The largest absolute Gasteiger partial charge is 0.381 e. The minimum absolute atomic E-state index is 0.0217. The summed E-state index contributed by atoms with van der Waals surface area (Å²) >= 11 is 0. The molecule has 2 aliphatic carbocycles. The second-order valence-electron chi connectivity index (χ2n) is 7.27. The fourth-order valence-corrected chi connectivity index (χ4v) is 4.22. The van der Waals surface area contributed by atoms with E-state index >= 15 is 0 Å². The van der Waals surface area contributed by atoms with Crippen LogP contribution in [0.1, 0.15) is 38.5 Å². The van der Waals surface area contributed by atoms with Crippen molar-refractivity contribution in [1.29, 1.82) is 0 Å². The van der Waals surface area contributed by atoms with Gasteiger partial charge in [0.2, 0.25) is 5.91 Å². The molecule has 0 aromatic heterocycles. The van der Waals surface area contributed by atoms with Gasteiger partial charge in [-0.15, -0.1) is 0 Å². The van der Waals surface area contributed by atoms with Crippen LogP contribution in [0.5, 0.6) is 0 Å². The molecule has 2 saturated heterocycles. The molecule has 1 amide bonds. The molecular formula is C16H21F2NO2. The van der Waals surface area contributed by atoms with Crippen LogP contribution in [0.15, 0.2) is 11.6 Å². The number of alkyl halides is 2. The molecule has 0 radical (unpaired) electrons. The third-order valence-corrected chi connectivity index (χ3v) is 6.01. The zero-order chi connectivity index (χ0) is 14.7. The van der Waals surface area contributed by atoms with E-state index in [1.165, 1.54) is 0 Å². The topological polar surface area (TPSA) is 29.5 Å². The third kappa shape index (κ3) is 2.04. The molecule has 116 valence electrons. The molecule has 1 saturated carbocycles. The van der Waals surface area contributed by atoms with Crippen molar-refractivity contribution in [2.75, 3.05) is 26.3 Å². The standard InChI is InChI=1S/C16H21F2NO2/c17-16(18)11-15(16)1-5-19(6-2-15)13(20)12-9-14(10-12)3-7-21-8-4-14/h9H,1-8,10-11H2. The van der Waals surface area contributed by atoms with Crippen LogP contribution in [0.25, 0.3) is 0 Å². The Kier molecular flexibility index (Phi) is 2.79. The Morgan fingerprint density at radius 2 is 1.71 bits per heavy atom. The van der Waals surface area contributed by atoms with E-state index in [4.69, 9.17) is 4.74 Å². The van der Waals surface area contributed by atoms with E-state index < -0.39 is 11.3 Å². The number of halogens is 2. The van der Waals surface area contributed by atoms with Crippen LogP contribution < -0.4 is 0 Å². The van der Waals surface area contributed by atoms with Crippen LogP contribution in [0.3, 0.4) is 0 Å². The molecule has 2 aliphatic heterocycles. The summed E-state index contributed by atoms with van der Waals surface area (Å²) in [6.45, 7) is 2.53. The number of hydrogen-bond acceptors (Lipinski definition) is 2. The Morgan fingerprint density at radius 3 is 2.24 bits per heavy atom. The summed E-state index contributed by atoms with van der Waals surface area (Å²) in [4.78, 5) is 14.2. The van der Waals surface area contributed by atoms with Crippen LogP contribution >= 0.6 is 0 Å². The zero-order valence-electron chi connectivity index (χ0n) is 12.2. The van der Waals surface area contributed by atoms with Gasteiger partial charge in [0.05, 0.1) is 0 Å². The summed E-state index contributed by atoms with van der Waals surface area (Å²) in [5.74, 6) is -2.41. The zero-order valence-corrected chi connectivity index (χ0v) is 12.2. The highest BCUT2D eigenvalue weighted by molar-refractivity contribution is 5.95. The SMILES string of the molecule is O=C(C1=CC2(CCOCC2)C1)N1CCC2(CC1)CC2(F)F. The molecule has 0 bridgehead atoms. The van der Waals surface area contributed by atoms with Crippen molar-refractivity contribution >= 4 is 5.91 Å². The van der Waals surface area contributed by atoms with Crippen LogP contribution in [-0.2, 0) is 9.53 Å². The molecule has 0 unspecified atom stereocenters. The summed E-state index contributed by atoms with van der Waals surface area (Å²) in [6, 6.07) is 0. The normalized spacial score (nSPS) is 31.7. The number of rotatable bonds is 1. The predicted octanol–water partition coefficient (Wildman–Crippen LogP) is 2.76. The van der Waals surface area contributed by atoms with Crippen molar-refractivity contribution in [2.24, 2.45) is 10.8 Å². The maximum atomic E-state index is 13.3. The minimum Gasteiger partial charge on any atom is -0.381 e. The number of carbonyl (C=O) groups excluding carboxylic acids is 1. The number of allylic oxidation sites excluding steroid dienone is 1. The van der Waals surface area contributed by atoms with Crippen molar-refractivity contribution in [3.8, 4) is 0 Å². The number of nitrogens with zero attached hydrogens (tertiary/aromatic N) is 1. The lowest BCUT2D eigenvalue weighted by Gasteiger charge is -2.44. The van der Waals surface area contributed by atoms with E-state index in [0.717, 1.165) is 38.0 Å². The quantitative estimate of drug-likeness (QED) is 0.745. The lowest BCUT2D eigenvalue weighted by molar-refractivity contribution is -0.130. The summed E-state index contributed by atoms with van der Waals surface area (Å²) in [6.07, 6.45) is 5.89. The summed E-state index contributed by atoms with van der Waals surface area (Å²) < 4.78 is 32.1. The van der Waals surface area contributed by atoms with E-state index in [1.54, 1.807) is 4.90 Å². The first-order chi connectivity index (χ1) is 9.96. The molecule has 5 heteroatoms. The number of piperidine rings is 1. The molecule has 2 heterocycles. The van der Waals surface area contributed by atoms with E-state index in [2.05, 4.69) is 6.08 Å². The number of hydrogen-bond donors (Lipinski definition) is 0. The van der Waals surface area contributed by atoms with Gasteiger partial charge in [-0.1, -0.05) is 6.08 Å². The molecule has 2 spiro atoms. The minimum atomic E-state index is -2.48. The molecule has 4 aliphatic rings. The number of carbonyl (C=O) groups is 1. The van der Waals surface area contributed by atoms with Crippen molar-refractivity contribution in [1.82, 2.24) is 4.90 Å². The number of ether oxygens (including phenoxy) is 1. The molecule has 3 nitrogen and oxygen atoms in total. The molecule has 3 fully saturated rings. The predicted molar refractivity (Wildman–Crippen MR) is 73.0 cm³/mol. The van der Waals surface area contributed by atoms with Gasteiger partial charge in [0.25, 0.3) is 5.92 Å². The summed E-state index contributed by atoms with van der Waals surface area (Å²) in [5, 5.41) is 0. The number of amides is 1. The van der Waals surface area contributed by atoms with Crippen molar-refractivity contribution < 1.29 is 18.3 Å². The van der Waals surface area contributed by atoms with Gasteiger partial charge in [-0.25, -0.2) is 8.78 Å². The molecule has 0 atom stereocenters. The highest BCUT2D eigenvalue weighted by Crippen LogP contribution is 2.65. The van der Waals surface area contributed by atoms with E-state index in [0.29, 0.717) is 25.9 Å². The van der Waals surface area contributed by atoms with Gasteiger partial charge in [0.15, 0.2) is 0 Å². The van der Waals surface area contributed by atoms with Gasteiger partial charge < -0.3 is 9.64 Å². The third-order valence-electron chi connectivity index (χ3n) is 6.01. The number of likely N-dealkylation sites (tertiary alicyclic amines) is 1. The maximum Gasteiger partial charge on any atom is 0.254 e. The van der Waals surface area contributed by atoms with Gasteiger partial charge in [-0.2, -0.15) is 0 Å².